The van der Waals surface area contributed by atoms with E-state index in [4.69, 9.17) is 4.74 Å². The molecule has 1 aliphatic heterocycles. The molecule has 4 heteroatoms. The number of hydrogen-bond donors (Lipinski definition) is 1. The fourth-order valence-corrected chi connectivity index (χ4v) is 2.10. The van der Waals surface area contributed by atoms with Crippen LogP contribution in [0.1, 0.15) is 25.3 Å². The van der Waals surface area contributed by atoms with Gasteiger partial charge >= 0.3 is 0 Å². The Balaban J connectivity index is 1.86. The summed E-state index contributed by atoms with van der Waals surface area (Å²) in [4.78, 5) is 0. The smallest absolute Gasteiger partial charge is 0.159 e. The molecule has 1 saturated heterocycles. The predicted molar refractivity (Wildman–Crippen MR) is 61.6 cm³/mol. The lowest BCUT2D eigenvalue weighted by molar-refractivity contribution is 0.0130. The zero-order chi connectivity index (χ0) is 12.3. The summed E-state index contributed by atoms with van der Waals surface area (Å²) in [5.41, 5.74) is 0.767. The second-order valence-corrected chi connectivity index (χ2v) is 4.53. The molecular weight excluding hydrogens is 224 g/mol. The van der Waals surface area contributed by atoms with Gasteiger partial charge in [-0.05, 0) is 37.5 Å². The summed E-state index contributed by atoms with van der Waals surface area (Å²) in [6.45, 7) is 3.37. The van der Waals surface area contributed by atoms with Crippen LogP contribution in [0.25, 0.3) is 0 Å². The van der Waals surface area contributed by atoms with Crippen molar-refractivity contribution in [2.24, 2.45) is 0 Å². The minimum atomic E-state index is -0.798. The molecule has 2 unspecified atom stereocenters. The lowest BCUT2D eigenvalue weighted by Gasteiger charge is -2.28. The molecule has 1 aliphatic rings. The van der Waals surface area contributed by atoms with Crippen LogP contribution in [-0.2, 0) is 11.3 Å². The molecule has 17 heavy (non-hydrogen) atoms. The average Bonchev–Trinajstić information content (AvgIpc) is 2.31. The third-order valence-electron chi connectivity index (χ3n) is 3.06. The van der Waals surface area contributed by atoms with Gasteiger partial charge in [0.25, 0.3) is 0 Å². The molecule has 0 bridgehead atoms. The Kier molecular flexibility index (Phi) is 4.07. The SMILES string of the molecule is CC1CC(NCc2ccc(F)c(F)c2)CCO1. The Bertz CT molecular complexity index is 384. The van der Waals surface area contributed by atoms with Crippen molar-refractivity contribution in [3.63, 3.8) is 0 Å². The molecule has 2 rings (SSSR count). The lowest BCUT2D eigenvalue weighted by Crippen LogP contribution is -2.37. The first kappa shape index (κ1) is 12.5. The fraction of sp³-hybridized carbons (Fsp3) is 0.538. The summed E-state index contributed by atoms with van der Waals surface area (Å²) in [6, 6.07) is 4.41. The topological polar surface area (TPSA) is 21.3 Å². The third-order valence-corrected chi connectivity index (χ3v) is 3.06. The minimum absolute atomic E-state index is 0.270. The normalized spacial score (nSPS) is 24.9. The quantitative estimate of drug-likeness (QED) is 0.878. The van der Waals surface area contributed by atoms with E-state index in [2.05, 4.69) is 5.32 Å². The van der Waals surface area contributed by atoms with Gasteiger partial charge in [-0.25, -0.2) is 8.78 Å². The minimum Gasteiger partial charge on any atom is -0.378 e. The highest BCUT2D eigenvalue weighted by atomic mass is 19.2. The van der Waals surface area contributed by atoms with Gasteiger partial charge in [-0.2, -0.15) is 0 Å². The van der Waals surface area contributed by atoms with Crippen molar-refractivity contribution in [2.45, 2.75) is 38.5 Å². The first-order valence-corrected chi connectivity index (χ1v) is 5.94. The second-order valence-electron chi connectivity index (χ2n) is 4.53. The fourth-order valence-electron chi connectivity index (χ4n) is 2.10. The van der Waals surface area contributed by atoms with Gasteiger partial charge in [0, 0.05) is 19.2 Å². The van der Waals surface area contributed by atoms with Crippen LogP contribution < -0.4 is 5.32 Å². The van der Waals surface area contributed by atoms with Gasteiger partial charge in [-0.3, -0.25) is 0 Å². The maximum Gasteiger partial charge on any atom is 0.159 e. The summed E-state index contributed by atoms with van der Waals surface area (Å²) in [6.07, 6.45) is 2.20. The lowest BCUT2D eigenvalue weighted by atomic mass is 10.0. The van der Waals surface area contributed by atoms with Crippen molar-refractivity contribution < 1.29 is 13.5 Å². The Morgan fingerprint density at radius 3 is 2.88 bits per heavy atom. The van der Waals surface area contributed by atoms with E-state index in [1.165, 1.54) is 12.1 Å². The van der Waals surface area contributed by atoms with Gasteiger partial charge in [0.2, 0.25) is 0 Å². The molecule has 0 amide bonds. The highest BCUT2D eigenvalue weighted by molar-refractivity contribution is 5.17. The van der Waals surface area contributed by atoms with E-state index in [-0.39, 0.29) is 6.10 Å². The molecule has 1 aromatic rings. The predicted octanol–water partition coefficient (Wildman–Crippen LogP) is 2.62. The molecule has 0 aliphatic carbocycles. The molecule has 1 fully saturated rings. The summed E-state index contributed by atoms with van der Waals surface area (Å²) >= 11 is 0. The van der Waals surface area contributed by atoms with Crippen LogP contribution in [0.3, 0.4) is 0 Å². The summed E-state index contributed by atoms with van der Waals surface area (Å²) in [5, 5.41) is 3.35. The molecule has 0 aromatic heterocycles. The Labute approximate surface area is 100.0 Å². The number of nitrogens with one attached hydrogen (secondary N) is 1. The second kappa shape index (κ2) is 5.56. The number of ether oxygens (including phenoxy) is 1. The van der Waals surface area contributed by atoms with E-state index >= 15 is 0 Å². The maximum atomic E-state index is 13.0. The molecule has 0 saturated carbocycles. The van der Waals surface area contributed by atoms with E-state index in [9.17, 15) is 8.78 Å². The van der Waals surface area contributed by atoms with Crippen molar-refractivity contribution in [2.75, 3.05) is 6.61 Å². The van der Waals surface area contributed by atoms with Crippen LogP contribution in [0, 0.1) is 11.6 Å². The molecule has 0 radical (unpaired) electrons. The molecule has 2 atom stereocenters. The summed E-state index contributed by atoms with van der Waals surface area (Å²) in [7, 11) is 0. The Hall–Kier alpha value is -1.00. The van der Waals surface area contributed by atoms with Gasteiger partial charge in [-0.15, -0.1) is 0 Å². The maximum absolute atomic E-state index is 13.0. The molecule has 2 nitrogen and oxygen atoms in total. The van der Waals surface area contributed by atoms with Crippen LogP contribution >= 0.6 is 0 Å². The van der Waals surface area contributed by atoms with Crippen LogP contribution in [-0.4, -0.2) is 18.8 Å². The molecular formula is C13H17F2NO. The zero-order valence-electron chi connectivity index (χ0n) is 9.88. The van der Waals surface area contributed by atoms with Crippen molar-refractivity contribution in [1.82, 2.24) is 5.32 Å². The summed E-state index contributed by atoms with van der Waals surface area (Å²) < 4.78 is 31.2. The van der Waals surface area contributed by atoms with Crippen LogP contribution in [0.2, 0.25) is 0 Å². The van der Waals surface area contributed by atoms with Crippen molar-refractivity contribution in [3.05, 3.63) is 35.4 Å². The molecule has 1 heterocycles. The number of halogens is 2. The van der Waals surface area contributed by atoms with Gasteiger partial charge < -0.3 is 10.1 Å². The standard InChI is InChI=1S/C13H17F2NO/c1-9-6-11(4-5-17-9)16-8-10-2-3-12(14)13(15)7-10/h2-3,7,9,11,16H,4-6,8H2,1H3. The first-order valence-electron chi connectivity index (χ1n) is 5.94. The van der Waals surface area contributed by atoms with E-state index in [0.717, 1.165) is 25.0 Å². The highest BCUT2D eigenvalue weighted by Gasteiger charge is 2.18. The van der Waals surface area contributed by atoms with E-state index in [1.54, 1.807) is 6.07 Å². The number of rotatable bonds is 3. The first-order chi connectivity index (χ1) is 8.15. The van der Waals surface area contributed by atoms with Crippen LogP contribution in [0.4, 0.5) is 8.78 Å². The summed E-state index contributed by atoms with van der Waals surface area (Å²) in [5.74, 6) is -1.59. The van der Waals surface area contributed by atoms with Gasteiger partial charge in [-0.1, -0.05) is 6.07 Å². The van der Waals surface area contributed by atoms with Crippen molar-refractivity contribution in [3.8, 4) is 0 Å². The number of benzene rings is 1. The van der Waals surface area contributed by atoms with E-state index in [1.807, 2.05) is 6.92 Å². The van der Waals surface area contributed by atoms with Gasteiger partial charge in [0.1, 0.15) is 0 Å². The number of hydrogen-bond acceptors (Lipinski definition) is 2. The molecule has 0 spiro atoms. The Morgan fingerprint density at radius 2 is 2.18 bits per heavy atom. The van der Waals surface area contributed by atoms with Crippen molar-refractivity contribution >= 4 is 0 Å². The largest absolute Gasteiger partial charge is 0.378 e. The molecule has 94 valence electrons. The van der Waals surface area contributed by atoms with E-state index < -0.39 is 11.6 Å². The third kappa shape index (κ3) is 3.48. The molecule has 1 aromatic carbocycles. The van der Waals surface area contributed by atoms with Crippen molar-refractivity contribution in [1.29, 1.82) is 0 Å². The van der Waals surface area contributed by atoms with E-state index in [0.29, 0.717) is 12.6 Å². The molecule has 1 N–H and O–H groups in total. The average molecular weight is 241 g/mol. The van der Waals surface area contributed by atoms with Gasteiger partial charge in [0.15, 0.2) is 11.6 Å². The zero-order valence-corrected chi connectivity index (χ0v) is 9.88. The van der Waals surface area contributed by atoms with Crippen LogP contribution in [0.5, 0.6) is 0 Å². The van der Waals surface area contributed by atoms with Gasteiger partial charge in [0.05, 0.1) is 6.10 Å². The Morgan fingerprint density at radius 1 is 1.35 bits per heavy atom. The highest BCUT2D eigenvalue weighted by Crippen LogP contribution is 2.14. The van der Waals surface area contributed by atoms with Crippen LogP contribution in [0.15, 0.2) is 18.2 Å². The monoisotopic (exact) mass is 241 g/mol.